The fraction of sp³-hybridized carbons (Fsp3) is 0.333. The number of benzene rings is 1. The largest absolute Gasteiger partial charge is 0.309 e. The number of halogens is 1. The average molecular weight is 344 g/mol. The number of rotatable bonds is 2. The molecule has 4 rings (SSSR count). The van der Waals surface area contributed by atoms with E-state index in [0.29, 0.717) is 21.6 Å². The van der Waals surface area contributed by atoms with E-state index < -0.39 is 0 Å². The van der Waals surface area contributed by atoms with Gasteiger partial charge in [0.25, 0.3) is 11.1 Å². The Morgan fingerprint density at radius 1 is 1.12 bits per heavy atom. The third kappa shape index (κ3) is 2.31. The lowest BCUT2D eigenvalue weighted by Gasteiger charge is -2.16. The monoisotopic (exact) mass is 343 g/mol. The number of H-pyrrole nitrogens is 1. The van der Waals surface area contributed by atoms with Crippen molar-refractivity contribution in [1.82, 2.24) is 14.3 Å². The van der Waals surface area contributed by atoms with E-state index in [2.05, 4.69) is 5.10 Å². The van der Waals surface area contributed by atoms with E-state index in [9.17, 15) is 9.59 Å². The normalized spacial score (nSPS) is 15.4. The first-order chi connectivity index (χ1) is 11.6. The molecule has 3 aromatic rings. The summed E-state index contributed by atoms with van der Waals surface area (Å²) in [6, 6.07) is 8.77. The Morgan fingerprint density at radius 3 is 2.46 bits per heavy atom. The number of pyridine rings is 1. The number of hydrogen-bond donors (Lipinski definition) is 1. The van der Waals surface area contributed by atoms with E-state index >= 15 is 0 Å². The molecule has 2 aromatic heterocycles. The summed E-state index contributed by atoms with van der Waals surface area (Å²) in [5.41, 5.74) is 1.83. The Kier molecular flexibility index (Phi) is 3.61. The topological polar surface area (TPSA) is 59.8 Å². The van der Waals surface area contributed by atoms with Crippen molar-refractivity contribution >= 4 is 22.5 Å². The smallest absolute Gasteiger partial charge is 0.280 e. The lowest BCUT2D eigenvalue weighted by atomic mass is 10.2. The number of fused-ring (bicyclic) bond motifs is 1. The molecule has 1 aliphatic carbocycles. The first kappa shape index (κ1) is 15.3. The van der Waals surface area contributed by atoms with Gasteiger partial charge in [-0.3, -0.25) is 14.7 Å². The van der Waals surface area contributed by atoms with Gasteiger partial charge in [0.05, 0.1) is 16.6 Å². The molecule has 124 valence electrons. The second-order valence-corrected chi connectivity index (χ2v) is 6.83. The first-order valence-corrected chi connectivity index (χ1v) is 8.57. The van der Waals surface area contributed by atoms with Crippen molar-refractivity contribution in [2.45, 2.75) is 38.6 Å². The molecule has 5 nitrogen and oxygen atoms in total. The van der Waals surface area contributed by atoms with E-state index in [0.717, 1.165) is 31.4 Å². The summed E-state index contributed by atoms with van der Waals surface area (Å²) in [4.78, 5) is 25.5. The van der Waals surface area contributed by atoms with Gasteiger partial charge in [0.15, 0.2) is 0 Å². The molecule has 2 heterocycles. The van der Waals surface area contributed by atoms with Gasteiger partial charge in [-0.25, -0.2) is 4.68 Å². The third-order valence-corrected chi connectivity index (χ3v) is 5.17. The molecular formula is C18H18ClN3O2. The Labute approximate surface area is 143 Å². The van der Waals surface area contributed by atoms with Crippen LogP contribution < -0.4 is 11.1 Å². The highest BCUT2D eigenvalue weighted by Crippen LogP contribution is 2.30. The number of nitrogens with zero attached hydrogens (tertiary/aromatic N) is 2. The molecule has 24 heavy (non-hydrogen) atoms. The van der Waals surface area contributed by atoms with Crippen molar-refractivity contribution in [1.29, 1.82) is 0 Å². The van der Waals surface area contributed by atoms with Crippen LogP contribution in [0.25, 0.3) is 16.6 Å². The second-order valence-electron chi connectivity index (χ2n) is 6.39. The fourth-order valence-corrected chi connectivity index (χ4v) is 3.90. The second kappa shape index (κ2) is 5.67. The van der Waals surface area contributed by atoms with Gasteiger partial charge in [-0.05, 0) is 44.0 Å². The van der Waals surface area contributed by atoms with E-state index in [4.69, 9.17) is 11.6 Å². The molecule has 0 bridgehead atoms. The number of hydrogen-bond acceptors (Lipinski definition) is 2. The van der Waals surface area contributed by atoms with Crippen LogP contribution in [0, 0.1) is 6.92 Å². The maximum absolute atomic E-state index is 12.9. The van der Waals surface area contributed by atoms with Gasteiger partial charge < -0.3 is 4.57 Å². The summed E-state index contributed by atoms with van der Waals surface area (Å²) >= 11 is 5.91. The summed E-state index contributed by atoms with van der Waals surface area (Å²) < 4.78 is 3.27. The minimum Gasteiger partial charge on any atom is -0.309 e. The van der Waals surface area contributed by atoms with E-state index in [1.807, 2.05) is 6.92 Å². The number of nitrogens with one attached hydrogen (secondary N) is 1. The minimum absolute atomic E-state index is 0.0450. The molecule has 1 aromatic carbocycles. The maximum atomic E-state index is 12.9. The SMILES string of the molecule is Cc1c2c(=O)n(-c3ccc(Cl)cc3)[nH]c2cc(=O)n1C1CCCC1. The van der Waals surface area contributed by atoms with Crippen molar-refractivity contribution in [3.05, 3.63) is 61.8 Å². The average Bonchev–Trinajstić information content (AvgIpc) is 3.17. The quantitative estimate of drug-likeness (QED) is 0.773. The van der Waals surface area contributed by atoms with Gasteiger partial charge in [0.1, 0.15) is 0 Å². The molecule has 1 fully saturated rings. The molecule has 0 spiro atoms. The van der Waals surface area contributed by atoms with E-state index in [1.165, 1.54) is 10.7 Å². The van der Waals surface area contributed by atoms with Crippen molar-refractivity contribution in [3.63, 3.8) is 0 Å². The molecule has 1 aliphatic rings. The van der Waals surface area contributed by atoms with Crippen LogP contribution in [-0.2, 0) is 0 Å². The molecule has 0 amide bonds. The molecule has 0 unspecified atom stereocenters. The highest BCUT2D eigenvalue weighted by atomic mass is 35.5. The summed E-state index contributed by atoms with van der Waals surface area (Å²) in [6.07, 6.45) is 4.28. The van der Waals surface area contributed by atoms with Crippen molar-refractivity contribution in [2.24, 2.45) is 0 Å². The maximum Gasteiger partial charge on any atom is 0.280 e. The summed E-state index contributed by atoms with van der Waals surface area (Å²) in [7, 11) is 0. The van der Waals surface area contributed by atoms with Gasteiger partial charge in [-0.1, -0.05) is 24.4 Å². The number of aryl methyl sites for hydroxylation is 1. The van der Waals surface area contributed by atoms with E-state index in [1.54, 1.807) is 28.8 Å². The zero-order valence-corrected chi connectivity index (χ0v) is 14.1. The molecule has 1 saturated carbocycles. The standard InChI is InChI=1S/C18H18ClN3O2/c1-11-17-15(10-16(23)21(11)13-4-2-3-5-13)20-22(18(17)24)14-8-6-12(19)7-9-14/h6-10,13,20H,2-5H2,1H3. The van der Waals surface area contributed by atoms with Crippen LogP contribution in [0.4, 0.5) is 0 Å². The molecule has 0 radical (unpaired) electrons. The zero-order valence-electron chi connectivity index (χ0n) is 13.4. The Morgan fingerprint density at radius 2 is 1.79 bits per heavy atom. The molecule has 0 atom stereocenters. The molecule has 6 heteroatoms. The number of aromatic amines is 1. The van der Waals surface area contributed by atoms with Gasteiger partial charge in [-0.2, -0.15) is 0 Å². The molecule has 0 aliphatic heterocycles. The summed E-state index contributed by atoms with van der Waals surface area (Å²) in [6.45, 7) is 1.86. The minimum atomic E-state index is -0.142. The fourth-order valence-electron chi connectivity index (χ4n) is 3.78. The van der Waals surface area contributed by atoms with Crippen molar-refractivity contribution in [3.8, 4) is 5.69 Å². The predicted molar refractivity (Wildman–Crippen MR) is 95.4 cm³/mol. The predicted octanol–water partition coefficient (Wildman–Crippen LogP) is 3.56. The van der Waals surface area contributed by atoms with Crippen LogP contribution >= 0.6 is 11.6 Å². The van der Waals surface area contributed by atoms with Crippen LogP contribution in [-0.4, -0.2) is 14.3 Å². The van der Waals surface area contributed by atoms with Crippen LogP contribution in [0.15, 0.2) is 39.9 Å². The van der Waals surface area contributed by atoms with Crippen LogP contribution in [0.2, 0.25) is 5.02 Å². The Bertz CT molecular complexity index is 1020. The highest BCUT2D eigenvalue weighted by Gasteiger charge is 2.22. The van der Waals surface area contributed by atoms with E-state index in [-0.39, 0.29) is 17.2 Å². The molecular weight excluding hydrogens is 326 g/mol. The third-order valence-electron chi connectivity index (χ3n) is 4.92. The number of aromatic nitrogens is 3. The van der Waals surface area contributed by atoms with Gasteiger partial charge in [0.2, 0.25) is 0 Å². The zero-order chi connectivity index (χ0) is 16.8. The van der Waals surface area contributed by atoms with Crippen LogP contribution in [0.5, 0.6) is 0 Å². The van der Waals surface area contributed by atoms with Crippen molar-refractivity contribution < 1.29 is 0 Å². The Hall–Kier alpha value is -2.27. The first-order valence-electron chi connectivity index (χ1n) is 8.19. The summed E-state index contributed by atoms with van der Waals surface area (Å²) in [5, 5.41) is 4.24. The van der Waals surface area contributed by atoms with Crippen molar-refractivity contribution in [2.75, 3.05) is 0 Å². The van der Waals surface area contributed by atoms with Gasteiger partial charge in [0, 0.05) is 22.8 Å². The van der Waals surface area contributed by atoms with Gasteiger partial charge in [-0.15, -0.1) is 0 Å². The Balaban J connectivity index is 1.96. The lowest BCUT2D eigenvalue weighted by Crippen LogP contribution is -2.26. The van der Waals surface area contributed by atoms with Crippen LogP contribution in [0.3, 0.4) is 0 Å². The molecule has 1 N–H and O–H groups in total. The highest BCUT2D eigenvalue weighted by molar-refractivity contribution is 6.30. The van der Waals surface area contributed by atoms with Gasteiger partial charge >= 0.3 is 0 Å². The molecule has 0 saturated heterocycles. The summed E-state index contributed by atoms with van der Waals surface area (Å²) in [5.74, 6) is 0. The lowest BCUT2D eigenvalue weighted by molar-refractivity contribution is 0.494. The van der Waals surface area contributed by atoms with Crippen LogP contribution in [0.1, 0.15) is 37.4 Å².